The monoisotopic (exact) mass is 295 g/mol. The van der Waals surface area contributed by atoms with Crippen LogP contribution in [-0.4, -0.2) is 74.7 Å². The molecule has 120 valence electrons. The van der Waals surface area contributed by atoms with Gasteiger partial charge in [-0.1, -0.05) is 0 Å². The van der Waals surface area contributed by atoms with Gasteiger partial charge >= 0.3 is 0 Å². The van der Waals surface area contributed by atoms with E-state index in [2.05, 4.69) is 29.2 Å². The van der Waals surface area contributed by atoms with Gasteiger partial charge in [-0.05, 0) is 39.8 Å². The summed E-state index contributed by atoms with van der Waals surface area (Å²) in [6, 6.07) is 0.967. The minimum atomic E-state index is 0.289. The van der Waals surface area contributed by atoms with Crippen molar-refractivity contribution in [2.75, 3.05) is 46.9 Å². The van der Waals surface area contributed by atoms with Crippen LogP contribution < -0.4 is 5.32 Å². The lowest BCUT2D eigenvalue weighted by Gasteiger charge is -2.31. The summed E-state index contributed by atoms with van der Waals surface area (Å²) in [6.07, 6.45) is 4.44. The molecule has 21 heavy (non-hydrogen) atoms. The van der Waals surface area contributed by atoms with E-state index < -0.39 is 0 Å². The predicted molar refractivity (Wildman–Crippen MR) is 82.1 cm³/mol. The smallest absolute Gasteiger partial charge is 0.223 e. The molecule has 3 aliphatic rings. The van der Waals surface area contributed by atoms with Crippen LogP contribution in [0.25, 0.3) is 0 Å². The molecule has 0 aromatic carbocycles. The second-order valence-corrected chi connectivity index (χ2v) is 7.21. The average Bonchev–Trinajstić information content (AvgIpc) is 3.24. The maximum Gasteiger partial charge on any atom is 0.223 e. The summed E-state index contributed by atoms with van der Waals surface area (Å²) in [7, 11) is 4.24. The third-order valence-corrected chi connectivity index (χ3v) is 5.05. The van der Waals surface area contributed by atoms with Crippen LogP contribution in [0.5, 0.6) is 0 Å². The number of amides is 1. The van der Waals surface area contributed by atoms with E-state index in [0.29, 0.717) is 23.9 Å². The van der Waals surface area contributed by atoms with Gasteiger partial charge in [0.25, 0.3) is 0 Å². The molecule has 2 atom stereocenters. The largest absolute Gasteiger partial charge is 0.381 e. The van der Waals surface area contributed by atoms with Gasteiger partial charge in [0.05, 0.1) is 0 Å². The molecule has 0 aromatic heterocycles. The van der Waals surface area contributed by atoms with Crippen LogP contribution in [-0.2, 0) is 9.53 Å². The number of hydrogen-bond acceptors (Lipinski definition) is 4. The van der Waals surface area contributed by atoms with Crippen LogP contribution in [0.2, 0.25) is 0 Å². The van der Waals surface area contributed by atoms with Gasteiger partial charge in [0, 0.05) is 56.8 Å². The Bertz CT molecular complexity index is 365. The number of carbonyl (C=O) groups excluding carboxylic acids is 1. The van der Waals surface area contributed by atoms with E-state index in [1.165, 1.54) is 0 Å². The zero-order valence-electron chi connectivity index (χ0n) is 13.4. The molecule has 0 bridgehead atoms. The van der Waals surface area contributed by atoms with Gasteiger partial charge in [-0.25, -0.2) is 0 Å². The van der Waals surface area contributed by atoms with Crippen molar-refractivity contribution in [1.82, 2.24) is 15.1 Å². The Morgan fingerprint density at radius 1 is 1.19 bits per heavy atom. The summed E-state index contributed by atoms with van der Waals surface area (Å²) in [5, 5.41) is 3.33. The summed E-state index contributed by atoms with van der Waals surface area (Å²) in [5.74, 6) is 1.14. The maximum absolute atomic E-state index is 12.1. The lowest BCUT2D eigenvalue weighted by Crippen LogP contribution is -2.44. The van der Waals surface area contributed by atoms with Gasteiger partial charge < -0.3 is 15.0 Å². The van der Waals surface area contributed by atoms with Crippen molar-refractivity contribution < 1.29 is 9.53 Å². The van der Waals surface area contributed by atoms with Crippen LogP contribution in [0.15, 0.2) is 0 Å². The Labute approximate surface area is 128 Å². The maximum atomic E-state index is 12.1. The van der Waals surface area contributed by atoms with Crippen LogP contribution >= 0.6 is 0 Å². The molecule has 5 heteroatoms. The molecule has 0 unspecified atom stereocenters. The van der Waals surface area contributed by atoms with Gasteiger partial charge in [0.15, 0.2) is 0 Å². The van der Waals surface area contributed by atoms with E-state index in [-0.39, 0.29) is 5.91 Å². The Morgan fingerprint density at radius 2 is 1.90 bits per heavy atom. The quantitative estimate of drug-likeness (QED) is 0.805. The first-order chi connectivity index (χ1) is 10.1. The summed E-state index contributed by atoms with van der Waals surface area (Å²) in [6.45, 7) is 4.95. The molecule has 1 saturated carbocycles. The average molecular weight is 295 g/mol. The van der Waals surface area contributed by atoms with Gasteiger partial charge in [-0.15, -0.1) is 0 Å². The molecule has 2 saturated heterocycles. The number of nitrogens with one attached hydrogen (secondary N) is 1. The van der Waals surface area contributed by atoms with Crippen LogP contribution in [0.3, 0.4) is 0 Å². The van der Waals surface area contributed by atoms with Crippen LogP contribution in [0.4, 0.5) is 0 Å². The molecular weight excluding hydrogens is 266 g/mol. The number of likely N-dealkylation sites (tertiary alicyclic amines) is 1. The van der Waals surface area contributed by atoms with E-state index in [4.69, 9.17) is 4.74 Å². The first kappa shape index (κ1) is 15.3. The standard InChI is InChI=1S/C16H29N3O2/c1-18(2)9-13-10-19(14-5-7-21-8-6-14)11-15(13)17-16(20)12-3-4-12/h12-15H,3-11H2,1-2H3,(H,17,20)/t13-,15-/m1/s1. The molecule has 5 nitrogen and oxygen atoms in total. The van der Waals surface area contributed by atoms with Crippen molar-refractivity contribution in [2.45, 2.75) is 37.8 Å². The van der Waals surface area contributed by atoms with Crippen molar-refractivity contribution in [3.63, 3.8) is 0 Å². The second kappa shape index (κ2) is 6.63. The molecule has 2 heterocycles. The minimum Gasteiger partial charge on any atom is -0.381 e. The fourth-order valence-electron chi connectivity index (χ4n) is 3.72. The SMILES string of the molecule is CN(C)C[C@@H]1CN(C2CCOCC2)C[C@H]1NC(=O)C1CC1. The van der Waals surface area contributed by atoms with E-state index >= 15 is 0 Å². The molecule has 0 aromatic rings. The highest BCUT2D eigenvalue weighted by Gasteiger charge is 2.39. The molecule has 0 spiro atoms. The molecule has 3 rings (SSSR count). The zero-order chi connectivity index (χ0) is 14.8. The van der Waals surface area contributed by atoms with Gasteiger partial charge in [-0.2, -0.15) is 0 Å². The Kier molecular flexibility index (Phi) is 4.82. The number of ether oxygens (including phenoxy) is 1. The number of nitrogens with zero attached hydrogens (tertiary/aromatic N) is 2. The highest BCUT2D eigenvalue weighted by Crippen LogP contribution is 2.30. The minimum absolute atomic E-state index is 0.289. The van der Waals surface area contributed by atoms with E-state index in [0.717, 1.165) is 58.5 Å². The Morgan fingerprint density at radius 3 is 2.52 bits per heavy atom. The number of hydrogen-bond donors (Lipinski definition) is 1. The normalized spacial score (nSPS) is 31.8. The van der Waals surface area contributed by atoms with Gasteiger partial charge in [0.2, 0.25) is 5.91 Å². The van der Waals surface area contributed by atoms with Gasteiger partial charge in [0.1, 0.15) is 0 Å². The molecule has 0 radical (unpaired) electrons. The Balaban J connectivity index is 1.59. The number of carbonyl (C=O) groups is 1. The van der Waals surface area contributed by atoms with E-state index in [1.54, 1.807) is 0 Å². The van der Waals surface area contributed by atoms with Crippen LogP contribution in [0.1, 0.15) is 25.7 Å². The molecule has 1 aliphatic carbocycles. The highest BCUT2D eigenvalue weighted by atomic mass is 16.5. The van der Waals surface area contributed by atoms with Crippen molar-refractivity contribution in [3.05, 3.63) is 0 Å². The van der Waals surface area contributed by atoms with Crippen molar-refractivity contribution >= 4 is 5.91 Å². The van der Waals surface area contributed by atoms with E-state index in [9.17, 15) is 4.79 Å². The van der Waals surface area contributed by atoms with Crippen molar-refractivity contribution in [2.24, 2.45) is 11.8 Å². The fraction of sp³-hybridized carbons (Fsp3) is 0.938. The summed E-state index contributed by atoms with van der Waals surface area (Å²) in [4.78, 5) is 16.9. The second-order valence-electron chi connectivity index (χ2n) is 7.21. The lowest BCUT2D eigenvalue weighted by atomic mass is 10.0. The lowest BCUT2D eigenvalue weighted by molar-refractivity contribution is -0.123. The summed E-state index contributed by atoms with van der Waals surface area (Å²) >= 11 is 0. The fourth-order valence-corrected chi connectivity index (χ4v) is 3.72. The Hall–Kier alpha value is -0.650. The predicted octanol–water partition coefficient (Wildman–Crippen LogP) is 0.554. The first-order valence-electron chi connectivity index (χ1n) is 8.40. The topological polar surface area (TPSA) is 44.8 Å². The van der Waals surface area contributed by atoms with Crippen molar-refractivity contribution in [3.8, 4) is 0 Å². The number of rotatable bonds is 5. The molecule has 2 aliphatic heterocycles. The molecule has 1 N–H and O–H groups in total. The van der Waals surface area contributed by atoms with Crippen LogP contribution in [0, 0.1) is 11.8 Å². The van der Waals surface area contributed by atoms with Crippen molar-refractivity contribution in [1.29, 1.82) is 0 Å². The molecular formula is C16H29N3O2. The van der Waals surface area contributed by atoms with E-state index in [1.807, 2.05) is 0 Å². The molecule has 1 amide bonds. The zero-order valence-corrected chi connectivity index (χ0v) is 13.4. The molecule has 3 fully saturated rings. The third-order valence-electron chi connectivity index (χ3n) is 5.05. The highest BCUT2D eigenvalue weighted by molar-refractivity contribution is 5.81. The third kappa shape index (κ3) is 3.96. The summed E-state index contributed by atoms with van der Waals surface area (Å²) < 4.78 is 5.48. The summed E-state index contributed by atoms with van der Waals surface area (Å²) in [5.41, 5.74) is 0. The first-order valence-corrected chi connectivity index (χ1v) is 8.40. The van der Waals surface area contributed by atoms with Gasteiger partial charge in [-0.3, -0.25) is 9.69 Å².